The molecule has 1 amide bonds. The number of hydrogen-bond acceptors (Lipinski definition) is 4. The smallest absolute Gasteiger partial charge is 0.255 e. The fourth-order valence-electron chi connectivity index (χ4n) is 2.07. The van der Waals surface area contributed by atoms with E-state index in [-0.39, 0.29) is 11.9 Å². The fourth-order valence-corrected chi connectivity index (χ4v) is 2.07. The lowest BCUT2D eigenvalue weighted by molar-refractivity contribution is 0.0937. The number of aromatic amines is 1. The zero-order chi connectivity index (χ0) is 14.1. The number of nitrogens with zero attached hydrogens (tertiary/aromatic N) is 4. The minimum absolute atomic E-state index is 0.184. The fraction of sp³-hybridized carbons (Fsp3) is 0.231. The Balaban J connectivity index is 1.85. The Morgan fingerprint density at radius 1 is 1.40 bits per heavy atom. The van der Waals surface area contributed by atoms with Crippen molar-refractivity contribution in [3.8, 4) is 0 Å². The summed E-state index contributed by atoms with van der Waals surface area (Å²) in [6.07, 6.45) is 3.38. The second-order valence-electron chi connectivity index (χ2n) is 4.59. The number of fused-ring (bicyclic) bond motifs is 1. The number of H-pyrrole nitrogens is 1. The molecule has 0 aromatic carbocycles. The Hall–Kier alpha value is -2.70. The summed E-state index contributed by atoms with van der Waals surface area (Å²) in [6.45, 7) is 3.68. The molecule has 7 heteroatoms. The number of pyridine rings is 1. The van der Waals surface area contributed by atoms with Gasteiger partial charge in [0.05, 0.1) is 17.8 Å². The van der Waals surface area contributed by atoms with E-state index in [1.807, 2.05) is 35.7 Å². The Kier molecular flexibility index (Phi) is 2.94. The van der Waals surface area contributed by atoms with Gasteiger partial charge in [0.2, 0.25) is 0 Å². The van der Waals surface area contributed by atoms with Crippen molar-refractivity contribution in [2.75, 3.05) is 0 Å². The van der Waals surface area contributed by atoms with E-state index in [9.17, 15) is 4.79 Å². The summed E-state index contributed by atoms with van der Waals surface area (Å²) in [5.74, 6) is 0.506. The first-order chi connectivity index (χ1) is 9.66. The van der Waals surface area contributed by atoms with Gasteiger partial charge in [0.25, 0.3) is 5.91 Å². The second kappa shape index (κ2) is 4.76. The van der Waals surface area contributed by atoms with Gasteiger partial charge in [-0.1, -0.05) is 6.07 Å². The topological polar surface area (TPSA) is 88.0 Å². The van der Waals surface area contributed by atoms with Crippen molar-refractivity contribution in [3.63, 3.8) is 0 Å². The van der Waals surface area contributed by atoms with E-state index in [0.717, 1.165) is 11.3 Å². The highest BCUT2D eigenvalue weighted by Crippen LogP contribution is 2.13. The summed E-state index contributed by atoms with van der Waals surface area (Å²) >= 11 is 0. The average molecular weight is 270 g/mol. The van der Waals surface area contributed by atoms with E-state index in [2.05, 4.69) is 25.7 Å². The SMILES string of the molecule is Cc1[nH]ncc1C(=O)NC(C)c1nnc2ccccn12. The van der Waals surface area contributed by atoms with E-state index in [0.29, 0.717) is 11.4 Å². The van der Waals surface area contributed by atoms with Crippen LogP contribution in [0.5, 0.6) is 0 Å². The summed E-state index contributed by atoms with van der Waals surface area (Å²) in [5.41, 5.74) is 2.02. The van der Waals surface area contributed by atoms with Crippen molar-refractivity contribution < 1.29 is 4.79 Å². The largest absolute Gasteiger partial charge is 0.342 e. The number of hydrogen-bond donors (Lipinski definition) is 2. The van der Waals surface area contributed by atoms with Crippen molar-refractivity contribution in [1.29, 1.82) is 0 Å². The normalized spacial score (nSPS) is 12.5. The molecule has 0 bridgehead atoms. The second-order valence-corrected chi connectivity index (χ2v) is 4.59. The molecule has 3 aromatic heterocycles. The van der Waals surface area contributed by atoms with E-state index < -0.39 is 0 Å². The molecule has 0 spiro atoms. The van der Waals surface area contributed by atoms with Gasteiger partial charge in [-0.05, 0) is 26.0 Å². The molecule has 1 atom stereocenters. The molecule has 0 aliphatic carbocycles. The number of carbonyl (C=O) groups is 1. The van der Waals surface area contributed by atoms with Crippen LogP contribution in [-0.2, 0) is 0 Å². The lowest BCUT2D eigenvalue weighted by Gasteiger charge is -2.11. The van der Waals surface area contributed by atoms with Gasteiger partial charge in [-0.3, -0.25) is 14.3 Å². The third-order valence-corrected chi connectivity index (χ3v) is 3.15. The maximum atomic E-state index is 12.1. The molecule has 0 aliphatic heterocycles. The summed E-state index contributed by atoms with van der Waals surface area (Å²) in [7, 11) is 0. The van der Waals surface area contributed by atoms with Gasteiger partial charge in [0, 0.05) is 11.9 Å². The zero-order valence-corrected chi connectivity index (χ0v) is 11.2. The molecule has 3 rings (SSSR count). The highest BCUT2D eigenvalue weighted by molar-refractivity contribution is 5.95. The lowest BCUT2D eigenvalue weighted by atomic mass is 10.2. The molecule has 0 fully saturated rings. The van der Waals surface area contributed by atoms with Crippen LogP contribution in [0.4, 0.5) is 0 Å². The molecule has 7 nitrogen and oxygen atoms in total. The average Bonchev–Trinajstić information content (AvgIpc) is 3.04. The molecule has 1 unspecified atom stereocenters. The molecule has 2 N–H and O–H groups in total. The molecule has 20 heavy (non-hydrogen) atoms. The number of carbonyl (C=O) groups excluding carboxylic acids is 1. The minimum atomic E-state index is -0.255. The van der Waals surface area contributed by atoms with Crippen molar-refractivity contribution in [2.24, 2.45) is 0 Å². The Labute approximate surface area is 115 Å². The first-order valence-electron chi connectivity index (χ1n) is 6.27. The Morgan fingerprint density at radius 2 is 2.25 bits per heavy atom. The number of aromatic nitrogens is 5. The summed E-state index contributed by atoms with van der Waals surface area (Å²) < 4.78 is 1.85. The molecular formula is C13H14N6O. The predicted molar refractivity (Wildman–Crippen MR) is 72.2 cm³/mol. The molecular weight excluding hydrogens is 256 g/mol. The molecule has 0 radical (unpaired) electrons. The molecule has 3 aromatic rings. The third kappa shape index (κ3) is 2.03. The Morgan fingerprint density at radius 3 is 3.00 bits per heavy atom. The maximum Gasteiger partial charge on any atom is 0.255 e. The number of aryl methyl sites for hydroxylation is 1. The quantitative estimate of drug-likeness (QED) is 0.749. The van der Waals surface area contributed by atoms with Crippen LogP contribution in [0.3, 0.4) is 0 Å². The highest BCUT2D eigenvalue weighted by atomic mass is 16.1. The van der Waals surface area contributed by atoms with E-state index in [1.54, 1.807) is 6.92 Å². The van der Waals surface area contributed by atoms with E-state index in [4.69, 9.17) is 0 Å². The van der Waals surface area contributed by atoms with Gasteiger partial charge in [-0.25, -0.2) is 0 Å². The highest BCUT2D eigenvalue weighted by Gasteiger charge is 2.18. The van der Waals surface area contributed by atoms with Gasteiger partial charge in [-0.2, -0.15) is 5.10 Å². The van der Waals surface area contributed by atoms with Crippen molar-refractivity contribution in [3.05, 3.63) is 47.7 Å². The van der Waals surface area contributed by atoms with Crippen LogP contribution in [0, 0.1) is 6.92 Å². The molecule has 102 valence electrons. The minimum Gasteiger partial charge on any atom is -0.342 e. The summed E-state index contributed by atoms with van der Waals surface area (Å²) in [6, 6.07) is 5.40. The van der Waals surface area contributed by atoms with Crippen molar-refractivity contribution >= 4 is 11.6 Å². The maximum absolute atomic E-state index is 12.1. The van der Waals surface area contributed by atoms with Crippen molar-refractivity contribution in [2.45, 2.75) is 19.9 Å². The standard InChI is InChI=1S/C13H14N6O/c1-8-10(7-14-16-8)13(20)15-9(2)12-18-17-11-5-3-4-6-19(11)12/h3-7,9H,1-2H3,(H,14,16)(H,15,20). The third-order valence-electron chi connectivity index (χ3n) is 3.15. The van der Waals surface area contributed by atoms with Gasteiger partial charge in [0.15, 0.2) is 11.5 Å². The first-order valence-corrected chi connectivity index (χ1v) is 6.27. The zero-order valence-electron chi connectivity index (χ0n) is 11.2. The molecule has 3 heterocycles. The van der Waals surface area contributed by atoms with Crippen LogP contribution in [0.25, 0.3) is 5.65 Å². The van der Waals surface area contributed by atoms with Crippen LogP contribution < -0.4 is 5.32 Å². The first kappa shape index (κ1) is 12.3. The van der Waals surface area contributed by atoms with E-state index in [1.165, 1.54) is 6.20 Å². The van der Waals surface area contributed by atoms with Crippen LogP contribution in [0.15, 0.2) is 30.6 Å². The number of amides is 1. The van der Waals surface area contributed by atoms with Gasteiger partial charge < -0.3 is 5.32 Å². The van der Waals surface area contributed by atoms with Gasteiger partial charge in [0.1, 0.15) is 0 Å². The van der Waals surface area contributed by atoms with Crippen LogP contribution >= 0.6 is 0 Å². The van der Waals surface area contributed by atoms with Gasteiger partial charge >= 0.3 is 0 Å². The van der Waals surface area contributed by atoms with Crippen LogP contribution in [0.1, 0.15) is 34.8 Å². The van der Waals surface area contributed by atoms with Crippen LogP contribution in [-0.4, -0.2) is 30.7 Å². The molecule has 0 saturated carbocycles. The summed E-state index contributed by atoms with van der Waals surface area (Å²) in [4.78, 5) is 12.1. The Bertz CT molecular complexity index is 759. The van der Waals surface area contributed by atoms with E-state index >= 15 is 0 Å². The number of nitrogens with one attached hydrogen (secondary N) is 2. The molecule has 0 saturated heterocycles. The number of rotatable bonds is 3. The summed E-state index contributed by atoms with van der Waals surface area (Å²) in [5, 5.41) is 17.7. The lowest BCUT2D eigenvalue weighted by Crippen LogP contribution is -2.28. The van der Waals surface area contributed by atoms with Crippen molar-refractivity contribution in [1.82, 2.24) is 30.1 Å². The van der Waals surface area contributed by atoms with Gasteiger partial charge in [-0.15, -0.1) is 10.2 Å². The molecule has 0 aliphatic rings. The van der Waals surface area contributed by atoms with Crippen LogP contribution in [0.2, 0.25) is 0 Å². The monoisotopic (exact) mass is 270 g/mol. The predicted octanol–water partition coefficient (Wildman–Crippen LogP) is 1.25.